The fourth-order valence-corrected chi connectivity index (χ4v) is 5.86. The highest BCUT2D eigenvalue weighted by Gasteiger charge is 2.24. The van der Waals surface area contributed by atoms with E-state index in [-0.39, 0.29) is 17.1 Å². The molecule has 3 heterocycles. The largest absolute Gasteiger partial charge is 0.497 e. The Kier molecular flexibility index (Phi) is 12.8. The van der Waals surface area contributed by atoms with E-state index in [4.69, 9.17) is 16.2 Å². The summed E-state index contributed by atoms with van der Waals surface area (Å²) in [6.07, 6.45) is 4.53. The summed E-state index contributed by atoms with van der Waals surface area (Å²) in [5, 5.41) is 9.51. The number of aryl methyl sites for hydroxylation is 1. The highest BCUT2D eigenvalue weighted by Crippen LogP contribution is 2.42. The number of hydrogen-bond donors (Lipinski definition) is 5. The first kappa shape index (κ1) is 33.4. The number of ether oxygens (including phenoxy) is 1. The zero-order chi connectivity index (χ0) is 31.4. The van der Waals surface area contributed by atoms with Crippen molar-refractivity contribution in [1.29, 1.82) is 0 Å². The minimum atomic E-state index is -0.186. The van der Waals surface area contributed by atoms with Crippen molar-refractivity contribution in [3.63, 3.8) is 0 Å². The van der Waals surface area contributed by atoms with E-state index >= 15 is 0 Å². The Morgan fingerprint density at radius 1 is 1.16 bits per heavy atom. The maximum Gasteiger partial charge on any atom is 0.255 e. The second-order valence-corrected chi connectivity index (χ2v) is 12.2. The molecule has 12 heteroatoms. The van der Waals surface area contributed by atoms with Crippen LogP contribution in [0.25, 0.3) is 5.70 Å². The molecule has 0 fully saturated rings. The molecular weight excluding hydrogens is 583 g/mol. The molecule has 0 saturated carbocycles. The number of carbonyl (C=O) groups excluding carboxylic acids is 2. The quantitative estimate of drug-likeness (QED) is 0.164. The highest BCUT2D eigenvalue weighted by atomic mass is 32.2. The average Bonchev–Trinajstić information content (AvgIpc) is 3.75. The van der Waals surface area contributed by atoms with Gasteiger partial charge in [-0.25, -0.2) is 9.97 Å². The molecule has 2 atom stereocenters. The number of aromatic amines is 1. The Morgan fingerprint density at radius 3 is 2.53 bits per heavy atom. The number of nitrogens with two attached hydrogens (primary N) is 2. The summed E-state index contributed by atoms with van der Waals surface area (Å²) in [4.78, 5) is 34.3. The first-order valence-electron chi connectivity index (χ1n) is 13.6. The van der Waals surface area contributed by atoms with Crippen LogP contribution in [-0.4, -0.2) is 40.3 Å². The van der Waals surface area contributed by atoms with Gasteiger partial charge in [-0.15, -0.1) is 23.1 Å². The fraction of sp³-hybridized carbons (Fsp3) is 0.290. The van der Waals surface area contributed by atoms with Gasteiger partial charge in [0.2, 0.25) is 0 Å². The maximum atomic E-state index is 12.6. The first-order valence-corrected chi connectivity index (χ1v) is 15.4. The van der Waals surface area contributed by atoms with Crippen molar-refractivity contribution in [1.82, 2.24) is 20.3 Å². The summed E-state index contributed by atoms with van der Waals surface area (Å²) < 4.78 is 5.19. The second kappa shape index (κ2) is 16.5. The van der Waals surface area contributed by atoms with Gasteiger partial charge in [0.05, 0.1) is 23.3 Å². The lowest BCUT2D eigenvalue weighted by atomic mass is 10.1. The predicted molar refractivity (Wildman–Crippen MR) is 177 cm³/mol. The monoisotopic (exact) mass is 621 g/mol. The molecule has 0 saturated heterocycles. The summed E-state index contributed by atoms with van der Waals surface area (Å²) in [6, 6.07) is 14.8. The number of Topliss-reactive ketones (excluding diaryl/α,β-unsaturated/α-hetero) is 1. The van der Waals surface area contributed by atoms with Crippen molar-refractivity contribution < 1.29 is 14.3 Å². The van der Waals surface area contributed by atoms with E-state index in [1.165, 1.54) is 13.8 Å². The average molecular weight is 622 g/mol. The standard InChI is InChI=1S/C21H20N4O2S2.C7H13N3.C3H6O/c1-12-23-19(22)18(29-12)21-25-17(11-28-21)13-5-3-7-15(9-13)24-20(26)14-6-4-8-16(10-14)27-2;1-6(3-8)2-7-4-9-5-10-7;1-3(2)4/h3-11,21,25H,22H2,1-2H3,(H,24,26);4-6H,2-3,8H2,1H3,(H,9,10);1-2H3. The number of benzene rings is 2. The molecule has 2 aromatic carbocycles. The molecule has 0 aliphatic carbocycles. The van der Waals surface area contributed by atoms with E-state index in [1.54, 1.807) is 60.8 Å². The number of imidazole rings is 1. The molecule has 2 unspecified atom stereocenters. The van der Waals surface area contributed by atoms with Crippen LogP contribution in [0.5, 0.6) is 5.75 Å². The van der Waals surface area contributed by atoms with Gasteiger partial charge >= 0.3 is 0 Å². The topological polar surface area (TPSA) is 161 Å². The lowest BCUT2D eigenvalue weighted by molar-refractivity contribution is -0.115. The van der Waals surface area contributed by atoms with Gasteiger partial charge in [-0.1, -0.05) is 25.1 Å². The molecule has 5 rings (SSSR count). The Balaban J connectivity index is 0.000000300. The number of ketones is 1. The van der Waals surface area contributed by atoms with Crippen LogP contribution < -0.4 is 26.8 Å². The molecule has 4 aromatic rings. The van der Waals surface area contributed by atoms with Gasteiger partial charge in [-0.05, 0) is 75.4 Å². The first-order chi connectivity index (χ1) is 20.6. The molecule has 1 aliphatic heterocycles. The van der Waals surface area contributed by atoms with Crippen LogP contribution in [0, 0.1) is 12.8 Å². The van der Waals surface area contributed by atoms with Gasteiger partial charge in [0, 0.05) is 34.4 Å². The molecule has 10 nitrogen and oxygen atoms in total. The number of anilines is 2. The van der Waals surface area contributed by atoms with Crippen LogP contribution >= 0.6 is 23.1 Å². The van der Waals surface area contributed by atoms with Gasteiger partial charge < -0.3 is 36.6 Å². The Labute approximate surface area is 260 Å². The number of methoxy groups -OCH3 is 1. The Morgan fingerprint density at radius 2 is 1.91 bits per heavy atom. The molecule has 2 aromatic heterocycles. The van der Waals surface area contributed by atoms with E-state index < -0.39 is 0 Å². The number of thiazole rings is 1. The molecule has 0 radical (unpaired) electrons. The fourth-order valence-electron chi connectivity index (χ4n) is 3.86. The minimum Gasteiger partial charge on any atom is -0.497 e. The smallest absolute Gasteiger partial charge is 0.255 e. The van der Waals surface area contributed by atoms with E-state index in [0.29, 0.717) is 23.0 Å². The van der Waals surface area contributed by atoms with Crippen molar-refractivity contribution in [2.75, 3.05) is 24.7 Å². The third kappa shape index (κ3) is 10.6. The van der Waals surface area contributed by atoms with Crippen LogP contribution in [-0.2, 0) is 11.2 Å². The van der Waals surface area contributed by atoms with Crippen molar-refractivity contribution in [2.24, 2.45) is 11.7 Å². The van der Waals surface area contributed by atoms with Crippen LogP contribution in [0.15, 0.2) is 66.5 Å². The summed E-state index contributed by atoms with van der Waals surface area (Å²) in [6.45, 7) is 7.87. The molecule has 228 valence electrons. The number of rotatable bonds is 8. The highest BCUT2D eigenvalue weighted by molar-refractivity contribution is 8.02. The maximum absolute atomic E-state index is 12.6. The van der Waals surface area contributed by atoms with Crippen molar-refractivity contribution in [3.05, 3.63) is 93.2 Å². The Bertz CT molecular complexity index is 1520. The zero-order valence-corrected chi connectivity index (χ0v) is 26.6. The molecule has 1 aliphatic rings. The number of amides is 1. The number of nitrogen functional groups attached to an aromatic ring is 1. The van der Waals surface area contributed by atoms with E-state index in [1.807, 2.05) is 37.4 Å². The van der Waals surface area contributed by atoms with Crippen molar-refractivity contribution in [2.45, 2.75) is 39.5 Å². The lowest BCUT2D eigenvalue weighted by Crippen LogP contribution is -2.14. The number of H-pyrrole nitrogens is 1. The third-order valence-corrected chi connectivity index (χ3v) is 8.12. The van der Waals surface area contributed by atoms with Gasteiger partial charge in [-0.3, -0.25) is 4.79 Å². The van der Waals surface area contributed by atoms with Crippen LogP contribution in [0.1, 0.15) is 57.6 Å². The van der Waals surface area contributed by atoms with Crippen molar-refractivity contribution in [3.8, 4) is 5.75 Å². The van der Waals surface area contributed by atoms with E-state index in [0.717, 1.165) is 45.5 Å². The summed E-state index contributed by atoms with van der Waals surface area (Å²) >= 11 is 3.26. The zero-order valence-electron chi connectivity index (χ0n) is 25.0. The molecule has 0 bridgehead atoms. The van der Waals surface area contributed by atoms with E-state index in [9.17, 15) is 9.59 Å². The minimum absolute atomic E-state index is 0.0474. The number of nitrogens with zero attached hydrogens (tertiary/aromatic N) is 2. The second-order valence-electron chi connectivity index (χ2n) is 9.97. The summed E-state index contributed by atoms with van der Waals surface area (Å²) in [7, 11) is 1.58. The van der Waals surface area contributed by atoms with Gasteiger partial charge in [0.15, 0.2) is 0 Å². The Hall–Kier alpha value is -4.13. The van der Waals surface area contributed by atoms with Gasteiger partial charge in [-0.2, -0.15) is 0 Å². The molecular formula is C31H39N7O3S2. The molecule has 0 spiro atoms. The van der Waals surface area contributed by atoms with Crippen LogP contribution in [0.2, 0.25) is 0 Å². The van der Waals surface area contributed by atoms with Crippen LogP contribution in [0.4, 0.5) is 11.5 Å². The summed E-state index contributed by atoms with van der Waals surface area (Å²) in [5.41, 5.74) is 15.9. The SMILES string of the molecule is CC(C)=O.CC(CN)Cc1cnc[nH]1.COc1cccc(C(=O)Nc2cccc(C3=CSC(c4sc(C)nc4N)N3)c2)c1. The number of hydrogen-bond acceptors (Lipinski definition) is 10. The predicted octanol–water partition coefficient (Wildman–Crippen LogP) is 5.77. The molecule has 43 heavy (non-hydrogen) atoms. The van der Waals surface area contributed by atoms with Gasteiger partial charge in [0.1, 0.15) is 22.7 Å². The van der Waals surface area contributed by atoms with Crippen molar-refractivity contribution >= 4 is 52.0 Å². The normalized spacial score (nSPS) is 14.2. The van der Waals surface area contributed by atoms with E-state index in [2.05, 4.69) is 37.9 Å². The number of nitrogens with one attached hydrogen (secondary N) is 3. The van der Waals surface area contributed by atoms with Crippen LogP contribution in [0.3, 0.4) is 0 Å². The molecule has 1 amide bonds. The lowest BCUT2D eigenvalue weighted by Gasteiger charge is -2.13. The summed E-state index contributed by atoms with van der Waals surface area (Å²) in [5.74, 6) is 1.74. The number of thioether (sulfide) groups is 1. The number of carbonyl (C=O) groups is 2. The molecule has 7 N–H and O–H groups in total. The number of aromatic nitrogens is 3. The van der Waals surface area contributed by atoms with Gasteiger partial charge in [0.25, 0.3) is 5.91 Å². The third-order valence-electron chi connectivity index (χ3n) is 5.92.